The van der Waals surface area contributed by atoms with Crippen molar-refractivity contribution in [1.29, 1.82) is 5.26 Å². The average molecular weight is 225 g/mol. The van der Waals surface area contributed by atoms with Crippen LogP contribution in [-0.4, -0.2) is 13.7 Å². The number of ether oxygens (including phenoxy) is 1. The predicted molar refractivity (Wildman–Crippen MR) is 60.1 cm³/mol. The van der Waals surface area contributed by atoms with Crippen molar-refractivity contribution in [2.75, 3.05) is 13.7 Å². The van der Waals surface area contributed by atoms with Gasteiger partial charge in [-0.2, -0.15) is 5.26 Å². The van der Waals surface area contributed by atoms with Crippen molar-refractivity contribution < 1.29 is 4.74 Å². The zero-order valence-electron chi connectivity index (χ0n) is 8.80. The van der Waals surface area contributed by atoms with E-state index in [0.29, 0.717) is 18.1 Å². The Hall–Kier alpha value is -1.24. The summed E-state index contributed by atoms with van der Waals surface area (Å²) in [5.41, 5.74) is 1.95. The van der Waals surface area contributed by atoms with Crippen LogP contribution < -0.4 is 10.1 Å². The summed E-state index contributed by atoms with van der Waals surface area (Å²) in [6, 6.07) is 5.77. The molecular weight excluding hydrogens is 212 g/mol. The van der Waals surface area contributed by atoms with Gasteiger partial charge in [-0.1, -0.05) is 11.6 Å². The number of hydrogen-bond donors (Lipinski definition) is 1. The Labute approximate surface area is 94.6 Å². The third-order valence-electron chi connectivity index (χ3n) is 2.08. The first-order chi connectivity index (χ1) is 7.19. The van der Waals surface area contributed by atoms with E-state index in [2.05, 4.69) is 5.32 Å². The van der Waals surface area contributed by atoms with Gasteiger partial charge in [-0.25, -0.2) is 0 Å². The van der Waals surface area contributed by atoms with Crippen LogP contribution in [0.15, 0.2) is 12.1 Å². The van der Waals surface area contributed by atoms with Crippen LogP contribution in [0.4, 0.5) is 0 Å². The van der Waals surface area contributed by atoms with Gasteiger partial charge >= 0.3 is 0 Å². The summed E-state index contributed by atoms with van der Waals surface area (Å²) in [6.45, 7) is 2.82. The standard InChI is InChI=1S/C11H13ClN2O/c1-8-5-11(15-2)9(6-10(8)12)7-14-4-3-13/h5-6,14H,4,7H2,1-2H3. The first kappa shape index (κ1) is 11.8. The van der Waals surface area contributed by atoms with Crippen LogP contribution in [0.25, 0.3) is 0 Å². The van der Waals surface area contributed by atoms with Crippen molar-refractivity contribution in [2.24, 2.45) is 0 Å². The van der Waals surface area contributed by atoms with Gasteiger partial charge in [0.1, 0.15) is 5.75 Å². The number of methoxy groups -OCH3 is 1. The van der Waals surface area contributed by atoms with E-state index in [0.717, 1.165) is 16.9 Å². The molecule has 0 saturated carbocycles. The lowest BCUT2D eigenvalue weighted by Crippen LogP contribution is -2.13. The molecule has 0 aliphatic carbocycles. The molecule has 0 bridgehead atoms. The predicted octanol–water partition coefficient (Wildman–Crippen LogP) is 2.27. The second-order valence-electron chi connectivity index (χ2n) is 3.17. The van der Waals surface area contributed by atoms with E-state index in [9.17, 15) is 0 Å². The van der Waals surface area contributed by atoms with Gasteiger partial charge in [0, 0.05) is 17.1 Å². The van der Waals surface area contributed by atoms with Crippen molar-refractivity contribution in [1.82, 2.24) is 5.32 Å². The Bertz CT molecular complexity index is 385. The van der Waals surface area contributed by atoms with Crippen LogP contribution in [0.3, 0.4) is 0 Å². The van der Waals surface area contributed by atoms with Crippen molar-refractivity contribution in [2.45, 2.75) is 13.5 Å². The number of nitrogens with zero attached hydrogens (tertiary/aromatic N) is 1. The molecule has 0 atom stereocenters. The molecule has 0 aliphatic heterocycles. The van der Waals surface area contributed by atoms with Crippen LogP contribution in [0, 0.1) is 18.3 Å². The van der Waals surface area contributed by atoms with Crippen LogP contribution >= 0.6 is 11.6 Å². The highest BCUT2D eigenvalue weighted by Gasteiger charge is 2.06. The summed E-state index contributed by atoms with van der Waals surface area (Å²) in [4.78, 5) is 0. The Morgan fingerprint density at radius 2 is 2.27 bits per heavy atom. The topological polar surface area (TPSA) is 45.0 Å². The van der Waals surface area contributed by atoms with E-state index >= 15 is 0 Å². The highest BCUT2D eigenvalue weighted by Crippen LogP contribution is 2.26. The van der Waals surface area contributed by atoms with E-state index in [-0.39, 0.29) is 0 Å². The summed E-state index contributed by atoms with van der Waals surface area (Å²) < 4.78 is 5.23. The maximum absolute atomic E-state index is 8.40. The van der Waals surface area contributed by atoms with Gasteiger partial charge < -0.3 is 10.1 Å². The summed E-state index contributed by atoms with van der Waals surface area (Å²) in [5, 5.41) is 12.1. The molecule has 0 unspecified atom stereocenters. The molecule has 0 spiro atoms. The molecule has 0 saturated heterocycles. The first-order valence-electron chi connectivity index (χ1n) is 4.59. The third kappa shape index (κ3) is 3.12. The van der Waals surface area contributed by atoms with Gasteiger partial charge in [0.25, 0.3) is 0 Å². The maximum atomic E-state index is 8.40. The highest BCUT2D eigenvalue weighted by molar-refractivity contribution is 6.31. The molecule has 0 amide bonds. The minimum absolute atomic E-state index is 0.314. The summed E-state index contributed by atoms with van der Waals surface area (Å²) >= 11 is 6.01. The fourth-order valence-corrected chi connectivity index (χ4v) is 1.46. The maximum Gasteiger partial charge on any atom is 0.123 e. The molecule has 80 valence electrons. The number of nitrogens with one attached hydrogen (secondary N) is 1. The lowest BCUT2D eigenvalue weighted by molar-refractivity contribution is 0.408. The quantitative estimate of drug-likeness (QED) is 0.631. The molecule has 0 radical (unpaired) electrons. The van der Waals surface area contributed by atoms with Crippen molar-refractivity contribution in [3.63, 3.8) is 0 Å². The number of rotatable bonds is 4. The molecule has 1 rings (SSSR count). The van der Waals surface area contributed by atoms with E-state index < -0.39 is 0 Å². The smallest absolute Gasteiger partial charge is 0.123 e. The SMILES string of the molecule is COc1cc(C)c(Cl)cc1CNCC#N. The summed E-state index contributed by atoms with van der Waals surface area (Å²) in [7, 11) is 1.62. The molecule has 0 heterocycles. The van der Waals surface area contributed by atoms with Crippen LogP contribution in [-0.2, 0) is 6.54 Å². The Kier molecular flexibility index (Phi) is 4.41. The zero-order valence-corrected chi connectivity index (χ0v) is 9.56. The minimum atomic E-state index is 0.314. The third-order valence-corrected chi connectivity index (χ3v) is 2.49. The van der Waals surface area contributed by atoms with Crippen molar-refractivity contribution in [3.8, 4) is 11.8 Å². The van der Waals surface area contributed by atoms with Crippen LogP contribution in [0.2, 0.25) is 5.02 Å². The Morgan fingerprint density at radius 3 is 2.87 bits per heavy atom. The molecule has 15 heavy (non-hydrogen) atoms. The molecule has 4 heteroatoms. The van der Waals surface area contributed by atoms with E-state index in [1.807, 2.05) is 25.1 Å². The molecule has 3 nitrogen and oxygen atoms in total. The number of aryl methyl sites for hydroxylation is 1. The second kappa shape index (κ2) is 5.59. The lowest BCUT2D eigenvalue weighted by atomic mass is 10.1. The average Bonchev–Trinajstić information content (AvgIpc) is 2.23. The summed E-state index contributed by atoms with van der Waals surface area (Å²) in [6.07, 6.45) is 0. The molecule has 1 aromatic carbocycles. The fraction of sp³-hybridized carbons (Fsp3) is 0.364. The van der Waals surface area contributed by atoms with Crippen LogP contribution in [0.5, 0.6) is 5.75 Å². The number of halogens is 1. The molecular formula is C11H13ClN2O. The highest BCUT2D eigenvalue weighted by atomic mass is 35.5. The van der Waals surface area contributed by atoms with E-state index in [1.165, 1.54) is 0 Å². The Morgan fingerprint density at radius 1 is 1.53 bits per heavy atom. The van der Waals surface area contributed by atoms with Gasteiger partial charge in [0.15, 0.2) is 0 Å². The van der Waals surface area contributed by atoms with Crippen molar-refractivity contribution in [3.05, 3.63) is 28.3 Å². The zero-order chi connectivity index (χ0) is 11.3. The number of benzene rings is 1. The van der Waals surface area contributed by atoms with E-state index in [1.54, 1.807) is 7.11 Å². The first-order valence-corrected chi connectivity index (χ1v) is 4.97. The van der Waals surface area contributed by atoms with Crippen molar-refractivity contribution >= 4 is 11.6 Å². The molecule has 1 aromatic rings. The minimum Gasteiger partial charge on any atom is -0.496 e. The Balaban J connectivity index is 2.86. The van der Waals surface area contributed by atoms with Gasteiger partial charge in [-0.15, -0.1) is 0 Å². The molecule has 0 fully saturated rings. The monoisotopic (exact) mass is 224 g/mol. The van der Waals surface area contributed by atoms with Gasteiger partial charge in [0.2, 0.25) is 0 Å². The van der Waals surface area contributed by atoms with E-state index in [4.69, 9.17) is 21.6 Å². The number of hydrogen-bond acceptors (Lipinski definition) is 3. The molecule has 0 aromatic heterocycles. The second-order valence-corrected chi connectivity index (χ2v) is 3.58. The van der Waals surface area contributed by atoms with Crippen LogP contribution in [0.1, 0.15) is 11.1 Å². The van der Waals surface area contributed by atoms with Gasteiger partial charge in [0.05, 0.1) is 19.7 Å². The number of nitriles is 1. The van der Waals surface area contributed by atoms with Gasteiger partial charge in [-0.3, -0.25) is 0 Å². The normalized spacial score (nSPS) is 9.73. The van der Waals surface area contributed by atoms with Gasteiger partial charge in [-0.05, 0) is 24.6 Å². The largest absolute Gasteiger partial charge is 0.496 e. The molecule has 1 N–H and O–H groups in total. The molecule has 0 aliphatic rings. The fourth-order valence-electron chi connectivity index (χ4n) is 1.28. The summed E-state index contributed by atoms with van der Waals surface area (Å²) in [5.74, 6) is 0.794. The lowest BCUT2D eigenvalue weighted by Gasteiger charge is -2.10.